The summed E-state index contributed by atoms with van der Waals surface area (Å²) in [5, 5.41) is 5.28. The van der Waals surface area contributed by atoms with E-state index >= 15 is 0 Å². The lowest BCUT2D eigenvalue weighted by Crippen LogP contribution is -2.10. The van der Waals surface area contributed by atoms with Gasteiger partial charge in [0.05, 0.1) is 11.9 Å². The van der Waals surface area contributed by atoms with Gasteiger partial charge in [-0.3, -0.25) is 0 Å². The third kappa shape index (κ3) is 5.13. The number of ether oxygens (including phenoxy) is 1. The van der Waals surface area contributed by atoms with Gasteiger partial charge in [-0.25, -0.2) is 9.50 Å². The van der Waals surface area contributed by atoms with Crippen LogP contribution in [0.3, 0.4) is 0 Å². The Hall–Kier alpha value is -3.89. The Labute approximate surface area is 210 Å². The number of hydrogen-bond donors (Lipinski definition) is 0. The van der Waals surface area contributed by atoms with Gasteiger partial charge in [-0.05, 0) is 70.6 Å². The highest BCUT2D eigenvalue weighted by molar-refractivity contribution is 6.30. The maximum Gasteiger partial charge on any atom is 0.163 e. The molecule has 0 amide bonds. The van der Waals surface area contributed by atoms with Gasteiger partial charge in [0.2, 0.25) is 0 Å². The molecule has 0 bridgehead atoms. The zero-order valence-corrected chi connectivity index (χ0v) is 20.7. The average Bonchev–Trinajstić information content (AvgIpc) is 3.28. The first kappa shape index (κ1) is 22.9. The van der Waals surface area contributed by atoms with Crippen LogP contribution in [0.4, 0.5) is 0 Å². The van der Waals surface area contributed by atoms with Crippen LogP contribution in [0, 0.1) is 0 Å². The first-order valence-electron chi connectivity index (χ1n) is 11.5. The van der Waals surface area contributed by atoms with Crippen LogP contribution in [0.5, 0.6) is 11.5 Å². The summed E-state index contributed by atoms with van der Waals surface area (Å²) < 4.78 is 7.94. The Morgan fingerprint density at radius 3 is 2.37 bits per heavy atom. The fourth-order valence-electron chi connectivity index (χ4n) is 3.89. The summed E-state index contributed by atoms with van der Waals surface area (Å²) in [6, 6.07) is 26.0. The van der Waals surface area contributed by atoms with E-state index in [-0.39, 0.29) is 5.41 Å². The van der Waals surface area contributed by atoms with Crippen molar-refractivity contribution in [1.29, 1.82) is 0 Å². The molecular weight excluding hydrogens is 454 g/mol. The van der Waals surface area contributed by atoms with E-state index in [0.29, 0.717) is 5.02 Å². The zero-order valence-electron chi connectivity index (χ0n) is 19.9. The minimum absolute atomic E-state index is 0.117. The van der Waals surface area contributed by atoms with Gasteiger partial charge in [0.1, 0.15) is 11.5 Å². The molecular formula is C30H26ClN3O. The van der Waals surface area contributed by atoms with Crippen LogP contribution in [0.25, 0.3) is 28.9 Å². The summed E-state index contributed by atoms with van der Waals surface area (Å²) in [5.74, 6) is 1.61. The van der Waals surface area contributed by atoms with E-state index in [1.807, 2.05) is 89.6 Å². The number of benzene rings is 3. The normalized spacial score (nSPS) is 11.9. The predicted octanol–water partition coefficient (Wildman–Crippen LogP) is 8.31. The van der Waals surface area contributed by atoms with Crippen molar-refractivity contribution >= 4 is 29.4 Å². The maximum absolute atomic E-state index is 6.10. The standard InChI is InChI=1S/C30H26ClN3O/c1-30(2,3)23-10-15-26(16-11-23)35-27-6-4-5-21(19-27)7-14-25-17-18-32-29-28(20-33-34(25)29)22-8-12-24(31)13-9-22/h4-20H,1-3H3/b14-7+. The van der Waals surface area contributed by atoms with Crippen molar-refractivity contribution in [2.75, 3.05) is 0 Å². The molecule has 3 aromatic carbocycles. The van der Waals surface area contributed by atoms with Crippen molar-refractivity contribution in [3.05, 3.63) is 113 Å². The maximum atomic E-state index is 6.10. The van der Waals surface area contributed by atoms with Gasteiger partial charge in [-0.15, -0.1) is 0 Å². The molecule has 0 fully saturated rings. The lowest BCUT2D eigenvalue weighted by Gasteiger charge is -2.19. The molecule has 0 aliphatic carbocycles. The van der Waals surface area contributed by atoms with Crippen molar-refractivity contribution in [1.82, 2.24) is 14.6 Å². The van der Waals surface area contributed by atoms with E-state index in [4.69, 9.17) is 16.3 Å². The number of fused-ring (bicyclic) bond motifs is 1. The van der Waals surface area contributed by atoms with Crippen molar-refractivity contribution < 1.29 is 4.74 Å². The molecule has 0 spiro atoms. The van der Waals surface area contributed by atoms with E-state index in [9.17, 15) is 0 Å². The Balaban J connectivity index is 1.37. The van der Waals surface area contributed by atoms with Crippen molar-refractivity contribution in [2.45, 2.75) is 26.2 Å². The monoisotopic (exact) mass is 479 g/mol. The molecule has 0 unspecified atom stereocenters. The highest BCUT2D eigenvalue weighted by atomic mass is 35.5. The minimum Gasteiger partial charge on any atom is -0.457 e. The number of hydrogen-bond acceptors (Lipinski definition) is 3. The minimum atomic E-state index is 0.117. The topological polar surface area (TPSA) is 39.4 Å². The molecule has 0 saturated carbocycles. The van der Waals surface area contributed by atoms with E-state index in [1.54, 1.807) is 6.20 Å². The first-order valence-corrected chi connectivity index (χ1v) is 11.9. The van der Waals surface area contributed by atoms with Gasteiger partial charge >= 0.3 is 0 Å². The molecule has 0 aliphatic heterocycles. The molecule has 5 rings (SSSR count). The van der Waals surface area contributed by atoms with Crippen LogP contribution in [0.2, 0.25) is 5.02 Å². The molecule has 0 radical (unpaired) electrons. The highest BCUT2D eigenvalue weighted by Crippen LogP contribution is 2.28. The van der Waals surface area contributed by atoms with Crippen LogP contribution in [-0.4, -0.2) is 14.6 Å². The summed E-state index contributed by atoms with van der Waals surface area (Å²) >= 11 is 6.04. The fraction of sp³-hybridized carbons (Fsp3) is 0.133. The number of aromatic nitrogens is 3. The number of halogens is 1. The summed E-state index contributed by atoms with van der Waals surface area (Å²) in [6.07, 6.45) is 7.72. The van der Waals surface area contributed by atoms with Crippen molar-refractivity contribution in [3.8, 4) is 22.6 Å². The SMILES string of the molecule is CC(C)(C)c1ccc(Oc2cccc(/C=C/c3ccnc4c(-c5ccc(Cl)cc5)cnn34)c2)cc1. The molecule has 174 valence electrons. The molecule has 0 atom stereocenters. The largest absolute Gasteiger partial charge is 0.457 e. The Kier molecular flexibility index (Phi) is 6.14. The van der Waals surface area contributed by atoms with Crippen LogP contribution >= 0.6 is 11.6 Å². The number of nitrogens with zero attached hydrogens (tertiary/aromatic N) is 3. The first-order chi connectivity index (χ1) is 16.9. The summed E-state index contributed by atoms with van der Waals surface area (Å²) in [4.78, 5) is 4.55. The third-order valence-electron chi connectivity index (χ3n) is 5.85. The van der Waals surface area contributed by atoms with Crippen molar-refractivity contribution in [3.63, 3.8) is 0 Å². The quantitative estimate of drug-likeness (QED) is 0.254. The molecule has 0 saturated heterocycles. The summed E-state index contributed by atoms with van der Waals surface area (Å²) in [5.41, 5.74) is 6.14. The van der Waals surface area contributed by atoms with Gasteiger partial charge in [0, 0.05) is 16.8 Å². The zero-order chi connectivity index (χ0) is 24.4. The summed E-state index contributed by atoms with van der Waals surface area (Å²) in [6.45, 7) is 6.62. The molecule has 4 nitrogen and oxygen atoms in total. The summed E-state index contributed by atoms with van der Waals surface area (Å²) in [7, 11) is 0. The Morgan fingerprint density at radius 1 is 0.857 bits per heavy atom. The highest BCUT2D eigenvalue weighted by Gasteiger charge is 2.13. The predicted molar refractivity (Wildman–Crippen MR) is 144 cm³/mol. The van der Waals surface area contributed by atoms with Gasteiger partial charge in [-0.1, -0.05) is 74.8 Å². The third-order valence-corrected chi connectivity index (χ3v) is 6.10. The average molecular weight is 480 g/mol. The van der Waals surface area contributed by atoms with Gasteiger partial charge < -0.3 is 4.74 Å². The molecule has 5 aromatic rings. The van der Waals surface area contributed by atoms with Crippen LogP contribution in [0.15, 0.2) is 91.3 Å². The molecule has 5 heteroatoms. The van der Waals surface area contributed by atoms with Crippen molar-refractivity contribution in [2.24, 2.45) is 0 Å². The van der Waals surface area contributed by atoms with Gasteiger partial charge in [0.25, 0.3) is 0 Å². The van der Waals surface area contributed by atoms with E-state index in [1.165, 1.54) is 5.56 Å². The second-order valence-corrected chi connectivity index (χ2v) is 9.89. The van der Waals surface area contributed by atoms with E-state index in [0.717, 1.165) is 39.5 Å². The van der Waals surface area contributed by atoms with Crippen LogP contribution in [-0.2, 0) is 5.41 Å². The second kappa shape index (κ2) is 9.40. The number of rotatable bonds is 5. The molecule has 2 aromatic heterocycles. The molecule has 35 heavy (non-hydrogen) atoms. The van der Waals surface area contributed by atoms with Gasteiger partial charge in [-0.2, -0.15) is 5.10 Å². The molecule has 2 heterocycles. The van der Waals surface area contributed by atoms with Crippen LogP contribution in [0.1, 0.15) is 37.6 Å². The lowest BCUT2D eigenvalue weighted by atomic mass is 9.87. The fourth-order valence-corrected chi connectivity index (χ4v) is 4.02. The van der Waals surface area contributed by atoms with Gasteiger partial charge in [0.15, 0.2) is 5.65 Å². The second-order valence-electron chi connectivity index (χ2n) is 9.45. The molecule has 0 N–H and O–H groups in total. The Morgan fingerprint density at radius 2 is 1.63 bits per heavy atom. The lowest BCUT2D eigenvalue weighted by molar-refractivity contribution is 0.481. The Bertz CT molecular complexity index is 1490. The van der Waals surface area contributed by atoms with E-state index < -0.39 is 0 Å². The molecule has 0 aliphatic rings. The van der Waals surface area contributed by atoms with E-state index in [2.05, 4.69) is 43.0 Å². The smallest absolute Gasteiger partial charge is 0.163 e. The van der Waals surface area contributed by atoms with Crippen LogP contribution < -0.4 is 4.74 Å².